The highest BCUT2D eigenvalue weighted by Gasteiger charge is 2.19. The molecular weight excluding hydrogens is 338 g/mol. The molecule has 0 saturated carbocycles. The molecule has 1 atom stereocenters. The van der Waals surface area contributed by atoms with Gasteiger partial charge in [-0.05, 0) is 37.1 Å². The average molecular weight is 356 g/mol. The molecule has 3 aromatic rings. The number of carbonyl (C=O) groups excluding carboxylic acids is 2. The zero-order valence-corrected chi connectivity index (χ0v) is 14.5. The second kappa shape index (κ2) is 7.53. The zero-order chi connectivity index (χ0) is 17.8. The van der Waals surface area contributed by atoms with Gasteiger partial charge in [0.25, 0.3) is 0 Å². The second-order valence-electron chi connectivity index (χ2n) is 5.87. The van der Waals surface area contributed by atoms with Crippen LogP contribution in [-0.2, 0) is 16.0 Å². The first-order valence-electron chi connectivity index (χ1n) is 8.09. The number of carbonyl (C=O) groups is 2. The van der Waals surface area contributed by atoms with Crippen molar-refractivity contribution in [2.24, 2.45) is 0 Å². The fraction of sp³-hybridized carbons (Fsp3) is 0.200. The van der Waals surface area contributed by atoms with Crippen molar-refractivity contribution in [2.45, 2.75) is 25.9 Å². The number of H-pyrrole nitrogens is 1. The van der Waals surface area contributed by atoms with Crippen molar-refractivity contribution in [3.63, 3.8) is 0 Å². The minimum absolute atomic E-state index is 0.217. The molecule has 1 N–H and O–H groups in total. The molecule has 0 aliphatic carbocycles. The lowest BCUT2D eigenvalue weighted by molar-refractivity contribution is -0.146. The van der Waals surface area contributed by atoms with E-state index in [2.05, 4.69) is 4.98 Å². The van der Waals surface area contributed by atoms with Gasteiger partial charge in [0.2, 0.25) is 5.78 Å². The number of fused-ring (bicyclic) bond motifs is 1. The van der Waals surface area contributed by atoms with E-state index in [1.807, 2.05) is 30.5 Å². The van der Waals surface area contributed by atoms with Gasteiger partial charge in [-0.15, -0.1) is 0 Å². The third-order valence-corrected chi connectivity index (χ3v) is 4.30. The minimum atomic E-state index is -0.839. The number of aromatic amines is 1. The summed E-state index contributed by atoms with van der Waals surface area (Å²) in [5.41, 5.74) is 2.53. The van der Waals surface area contributed by atoms with Crippen LogP contribution in [0.15, 0.2) is 54.7 Å². The molecule has 4 nitrogen and oxygen atoms in total. The van der Waals surface area contributed by atoms with Crippen LogP contribution in [0.25, 0.3) is 10.9 Å². The van der Waals surface area contributed by atoms with Crippen molar-refractivity contribution < 1.29 is 14.3 Å². The molecule has 0 amide bonds. The Bertz CT molecular complexity index is 916. The number of ketones is 1. The van der Waals surface area contributed by atoms with Gasteiger partial charge in [0.1, 0.15) is 0 Å². The molecule has 3 rings (SSSR count). The lowest BCUT2D eigenvalue weighted by Crippen LogP contribution is -2.24. The monoisotopic (exact) mass is 355 g/mol. The normalized spacial score (nSPS) is 12.1. The number of hydrogen-bond donors (Lipinski definition) is 1. The highest BCUT2D eigenvalue weighted by Crippen LogP contribution is 2.19. The number of Topliss-reactive ketones (excluding diaryl/α,β-unsaturated/α-hetero) is 1. The number of aryl methyl sites for hydroxylation is 1. The summed E-state index contributed by atoms with van der Waals surface area (Å²) in [6.45, 7) is 1.58. The van der Waals surface area contributed by atoms with E-state index in [0.717, 1.165) is 16.5 Å². The lowest BCUT2D eigenvalue weighted by Gasteiger charge is -2.12. The van der Waals surface area contributed by atoms with Crippen LogP contribution in [0.2, 0.25) is 5.02 Å². The number of halogens is 1. The van der Waals surface area contributed by atoms with E-state index >= 15 is 0 Å². The van der Waals surface area contributed by atoms with E-state index in [-0.39, 0.29) is 12.2 Å². The summed E-state index contributed by atoms with van der Waals surface area (Å²) >= 11 is 5.89. The molecule has 0 saturated heterocycles. The number of aromatic nitrogens is 1. The van der Waals surface area contributed by atoms with Gasteiger partial charge in [0.05, 0.1) is 0 Å². The Morgan fingerprint density at radius 3 is 2.76 bits per heavy atom. The minimum Gasteiger partial charge on any atom is -0.454 e. The highest BCUT2D eigenvalue weighted by molar-refractivity contribution is 6.31. The van der Waals surface area contributed by atoms with Gasteiger partial charge >= 0.3 is 5.97 Å². The molecule has 0 aliphatic rings. The molecule has 128 valence electrons. The Morgan fingerprint density at radius 1 is 1.16 bits per heavy atom. The van der Waals surface area contributed by atoms with Crippen LogP contribution in [0, 0.1) is 0 Å². The van der Waals surface area contributed by atoms with Crippen molar-refractivity contribution in [3.05, 3.63) is 70.9 Å². The van der Waals surface area contributed by atoms with E-state index in [4.69, 9.17) is 16.3 Å². The molecule has 1 unspecified atom stereocenters. The first-order chi connectivity index (χ1) is 12.0. The fourth-order valence-electron chi connectivity index (χ4n) is 2.76. The third-order valence-electron chi connectivity index (χ3n) is 4.06. The van der Waals surface area contributed by atoms with E-state index in [1.165, 1.54) is 0 Å². The molecule has 0 bridgehead atoms. The molecule has 1 aromatic heterocycles. The summed E-state index contributed by atoms with van der Waals surface area (Å²) in [6.07, 6.45) is 1.84. The summed E-state index contributed by atoms with van der Waals surface area (Å²) in [4.78, 5) is 27.6. The molecule has 0 fully saturated rings. The first kappa shape index (κ1) is 17.2. The van der Waals surface area contributed by atoms with Crippen molar-refractivity contribution >= 4 is 34.3 Å². The number of rotatable bonds is 6. The fourth-order valence-corrected chi connectivity index (χ4v) is 2.95. The van der Waals surface area contributed by atoms with Gasteiger partial charge in [-0.1, -0.05) is 41.9 Å². The number of ether oxygens (including phenoxy) is 1. The van der Waals surface area contributed by atoms with Crippen LogP contribution in [-0.4, -0.2) is 22.8 Å². The van der Waals surface area contributed by atoms with Gasteiger partial charge in [0, 0.05) is 34.1 Å². The van der Waals surface area contributed by atoms with Gasteiger partial charge < -0.3 is 9.72 Å². The second-order valence-corrected chi connectivity index (χ2v) is 6.30. The Morgan fingerprint density at radius 2 is 1.96 bits per heavy atom. The van der Waals surface area contributed by atoms with E-state index < -0.39 is 12.1 Å². The van der Waals surface area contributed by atoms with Crippen LogP contribution < -0.4 is 0 Å². The first-order valence-corrected chi connectivity index (χ1v) is 8.46. The summed E-state index contributed by atoms with van der Waals surface area (Å²) in [6, 6.07) is 14.5. The van der Waals surface area contributed by atoms with Crippen molar-refractivity contribution in [3.8, 4) is 0 Å². The number of benzene rings is 2. The topological polar surface area (TPSA) is 59.2 Å². The number of esters is 1. The van der Waals surface area contributed by atoms with E-state index in [0.29, 0.717) is 17.0 Å². The van der Waals surface area contributed by atoms with Gasteiger partial charge in [-0.2, -0.15) is 0 Å². The van der Waals surface area contributed by atoms with Gasteiger partial charge in [-0.3, -0.25) is 9.59 Å². The third kappa shape index (κ3) is 4.09. The average Bonchev–Trinajstić information content (AvgIpc) is 3.02. The Labute approximate surface area is 150 Å². The van der Waals surface area contributed by atoms with Gasteiger partial charge in [-0.25, -0.2) is 0 Å². The summed E-state index contributed by atoms with van der Waals surface area (Å²) in [5, 5.41) is 1.57. The lowest BCUT2D eigenvalue weighted by atomic mass is 10.1. The van der Waals surface area contributed by atoms with Crippen LogP contribution >= 0.6 is 11.6 Å². The maximum absolute atomic E-state index is 12.3. The Hall–Kier alpha value is -2.59. The maximum atomic E-state index is 12.3. The number of nitrogens with one attached hydrogen (secondary N) is 1. The molecular formula is C20H18ClNO3. The molecule has 0 radical (unpaired) electrons. The molecule has 5 heteroatoms. The predicted molar refractivity (Wildman–Crippen MR) is 98.0 cm³/mol. The van der Waals surface area contributed by atoms with Crippen LogP contribution in [0.4, 0.5) is 0 Å². The standard InChI is InChI=1S/C20H18ClNO3/c1-13(20(24)14-5-4-6-16(21)11-14)25-19(23)10-9-15-12-22-18-8-3-2-7-17(15)18/h2-8,11-13,22H,9-10H2,1H3. The molecule has 0 spiro atoms. The van der Waals surface area contributed by atoms with Crippen LogP contribution in [0.3, 0.4) is 0 Å². The van der Waals surface area contributed by atoms with Crippen molar-refractivity contribution in [1.29, 1.82) is 0 Å². The largest absolute Gasteiger partial charge is 0.454 e. The quantitative estimate of drug-likeness (QED) is 0.520. The molecule has 2 aromatic carbocycles. The number of para-hydroxylation sites is 1. The Balaban J connectivity index is 1.58. The SMILES string of the molecule is CC(OC(=O)CCc1c[nH]c2ccccc12)C(=O)c1cccc(Cl)c1. The maximum Gasteiger partial charge on any atom is 0.306 e. The number of hydrogen-bond acceptors (Lipinski definition) is 3. The van der Waals surface area contributed by atoms with Crippen LogP contribution in [0.5, 0.6) is 0 Å². The van der Waals surface area contributed by atoms with Crippen LogP contribution in [0.1, 0.15) is 29.3 Å². The molecule has 25 heavy (non-hydrogen) atoms. The summed E-state index contributed by atoms with van der Waals surface area (Å²) < 4.78 is 5.28. The van der Waals surface area contributed by atoms with Gasteiger partial charge in [0.15, 0.2) is 6.10 Å². The smallest absolute Gasteiger partial charge is 0.306 e. The predicted octanol–water partition coefficient (Wildman–Crippen LogP) is 4.57. The molecule has 0 aliphatic heterocycles. The highest BCUT2D eigenvalue weighted by atomic mass is 35.5. The summed E-state index contributed by atoms with van der Waals surface area (Å²) in [7, 11) is 0. The summed E-state index contributed by atoms with van der Waals surface area (Å²) in [5.74, 6) is -0.656. The van der Waals surface area contributed by atoms with E-state index in [1.54, 1.807) is 31.2 Å². The van der Waals surface area contributed by atoms with Crippen molar-refractivity contribution in [1.82, 2.24) is 4.98 Å². The van der Waals surface area contributed by atoms with E-state index in [9.17, 15) is 9.59 Å². The Kier molecular flexibility index (Phi) is 5.19. The zero-order valence-electron chi connectivity index (χ0n) is 13.8. The molecule has 1 heterocycles. The van der Waals surface area contributed by atoms with Crippen molar-refractivity contribution in [2.75, 3.05) is 0 Å².